The third kappa shape index (κ3) is 3.06. The number of carbonyl (C=O) groups excluding carboxylic acids is 2. The van der Waals surface area contributed by atoms with Crippen LogP contribution in [0.25, 0.3) is 0 Å². The van der Waals surface area contributed by atoms with Gasteiger partial charge in [-0.1, -0.05) is 44.2 Å². The van der Waals surface area contributed by atoms with Gasteiger partial charge in [-0.2, -0.15) is 0 Å². The number of hydrogen-bond donors (Lipinski definition) is 0. The molecule has 130 valence electrons. The van der Waals surface area contributed by atoms with Crippen molar-refractivity contribution in [2.75, 3.05) is 26.7 Å². The van der Waals surface area contributed by atoms with Crippen LogP contribution < -0.4 is 0 Å². The van der Waals surface area contributed by atoms with Crippen molar-refractivity contribution in [3.63, 3.8) is 0 Å². The predicted molar refractivity (Wildman–Crippen MR) is 94.5 cm³/mol. The van der Waals surface area contributed by atoms with Crippen molar-refractivity contribution >= 4 is 11.8 Å². The van der Waals surface area contributed by atoms with E-state index in [1.54, 1.807) is 0 Å². The summed E-state index contributed by atoms with van der Waals surface area (Å²) in [5.74, 6) is 0.813. The Balaban J connectivity index is 1.78. The van der Waals surface area contributed by atoms with Crippen LogP contribution in [0, 0.1) is 11.3 Å². The molecule has 2 fully saturated rings. The predicted octanol–water partition coefficient (Wildman–Crippen LogP) is 2.90. The van der Waals surface area contributed by atoms with Gasteiger partial charge < -0.3 is 9.80 Å². The lowest BCUT2D eigenvalue weighted by atomic mass is 9.68. The molecule has 0 saturated carbocycles. The fourth-order valence-corrected chi connectivity index (χ4v) is 4.39. The SMILES string of the molecule is CC(C)CC(=O)N1CCC2(CC1)CN(C)C(=O)C2c1ccccc1. The maximum Gasteiger partial charge on any atom is 0.230 e. The smallest absolute Gasteiger partial charge is 0.230 e. The van der Waals surface area contributed by atoms with Gasteiger partial charge in [0.05, 0.1) is 5.92 Å². The zero-order valence-electron chi connectivity index (χ0n) is 15.0. The van der Waals surface area contributed by atoms with Crippen molar-refractivity contribution in [2.24, 2.45) is 11.3 Å². The van der Waals surface area contributed by atoms with Crippen molar-refractivity contribution in [1.82, 2.24) is 9.80 Å². The Morgan fingerprint density at radius 2 is 1.83 bits per heavy atom. The summed E-state index contributed by atoms with van der Waals surface area (Å²) in [5, 5.41) is 0. The highest BCUT2D eigenvalue weighted by Crippen LogP contribution is 2.50. The molecule has 0 radical (unpaired) electrons. The van der Waals surface area contributed by atoms with Crippen LogP contribution in [0.2, 0.25) is 0 Å². The average molecular weight is 328 g/mol. The number of amides is 2. The van der Waals surface area contributed by atoms with Crippen molar-refractivity contribution in [1.29, 1.82) is 0 Å². The highest BCUT2D eigenvalue weighted by molar-refractivity contribution is 5.87. The zero-order valence-corrected chi connectivity index (χ0v) is 15.0. The van der Waals surface area contributed by atoms with Gasteiger partial charge in [0.15, 0.2) is 0 Å². The Kier molecular flexibility index (Phi) is 4.66. The van der Waals surface area contributed by atoms with Gasteiger partial charge in [0.25, 0.3) is 0 Å². The molecule has 1 aromatic rings. The molecule has 0 aliphatic carbocycles. The molecule has 1 atom stereocenters. The number of rotatable bonds is 3. The van der Waals surface area contributed by atoms with E-state index in [1.807, 2.05) is 35.0 Å². The fraction of sp³-hybridized carbons (Fsp3) is 0.600. The summed E-state index contributed by atoms with van der Waals surface area (Å²) in [5.41, 5.74) is 1.09. The third-order valence-corrected chi connectivity index (χ3v) is 5.62. The van der Waals surface area contributed by atoms with Crippen LogP contribution in [-0.4, -0.2) is 48.3 Å². The van der Waals surface area contributed by atoms with Gasteiger partial charge in [-0.05, 0) is 24.3 Å². The van der Waals surface area contributed by atoms with Gasteiger partial charge in [-0.25, -0.2) is 0 Å². The van der Waals surface area contributed by atoms with Gasteiger partial charge in [-0.3, -0.25) is 9.59 Å². The van der Waals surface area contributed by atoms with Gasteiger partial charge in [0.1, 0.15) is 0 Å². The van der Waals surface area contributed by atoms with E-state index in [4.69, 9.17) is 0 Å². The number of benzene rings is 1. The van der Waals surface area contributed by atoms with Crippen LogP contribution in [0.3, 0.4) is 0 Å². The number of likely N-dealkylation sites (tertiary alicyclic amines) is 2. The molecule has 0 bridgehead atoms. The van der Waals surface area contributed by atoms with Crippen molar-refractivity contribution in [3.05, 3.63) is 35.9 Å². The highest BCUT2D eigenvalue weighted by atomic mass is 16.2. The van der Waals surface area contributed by atoms with Crippen LogP contribution in [0.15, 0.2) is 30.3 Å². The topological polar surface area (TPSA) is 40.6 Å². The Morgan fingerprint density at radius 3 is 2.42 bits per heavy atom. The van der Waals surface area contributed by atoms with E-state index in [9.17, 15) is 9.59 Å². The van der Waals surface area contributed by atoms with Gasteiger partial charge in [0, 0.05) is 38.5 Å². The number of hydrogen-bond acceptors (Lipinski definition) is 2. The fourth-order valence-electron chi connectivity index (χ4n) is 4.39. The first kappa shape index (κ1) is 17.0. The van der Waals surface area contributed by atoms with Crippen LogP contribution in [0.4, 0.5) is 0 Å². The molecule has 0 aromatic heterocycles. The summed E-state index contributed by atoms with van der Waals surface area (Å²) < 4.78 is 0. The second-order valence-corrected chi connectivity index (χ2v) is 7.88. The Labute approximate surface area is 144 Å². The minimum absolute atomic E-state index is 0.0260. The van der Waals surface area contributed by atoms with Crippen LogP contribution in [0.1, 0.15) is 44.6 Å². The van der Waals surface area contributed by atoms with Crippen LogP contribution in [0.5, 0.6) is 0 Å². The summed E-state index contributed by atoms with van der Waals surface area (Å²) in [6.07, 6.45) is 2.44. The molecular weight excluding hydrogens is 300 g/mol. The average Bonchev–Trinajstić information content (AvgIpc) is 2.78. The largest absolute Gasteiger partial charge is 0.345 e. The summed E-state index contributed by atoms with van der Waals surface area (Å²) in [4.78, 5) is 29.0. The molecule has 2 heterocycles. The first-order valence-electron chi connectivity index (χ1n) is 9.01. The molecule has 24 heavy (non-hydrogen) atoms. The third-order valence-electron chi connectivity index (χ3n) is 5.62. The van der Waals surface area contributed by atoms with E-state index < -0.39 is 0 Å². The van der Waals surface area contributed by atoms with E-state index in [1.165, 1.54) is 0 Å². The molecule has 1 unspecified atom stereocenters. The Bertz CT molecular complexity index is 603. The first-order valence-corrected chi connectivity index (χ1v) is 9.01. The quantitative estimate of drug-likeness (QED) is 0.856. The van der Waals surface area contributed by atoms with Crippen molar-refractivity contribution < 1.29 is 9.59 Å². The minimum atomic E-state index is -0.0638. The van der Waals surface area contributed by atoms with E-state index in [2.05, 4.69) is 26.0 Å². The summed E-state index contributed by atoms with van der Waals surface area (Å²) in [6.45, 7) is 6.52. The second kappa shape index (κ2) is 6.58. The first-order chi connectivity index (χ1) is 11.4. The lowest BCUT2D eigenvalue weighted by molar-refractivity contribution is -0.134. The number of carbonyl (C=O) groups is 2. The van der Waals surface area contributed by atoms with E-state index in [0.29, 0.717) is 12.3 Å². The van der Waals surface area contributed by atoms with Crippen LogP contribution >= 0.6 is 0 Å². The Morgan fingerprint density at radius 1 is 1.21 bits per heavy atom. The van der Waals surface area contributed by atoms with E-state index in [-0.39, 0.29) is 23.1 Å². The molecular formula is C20H28N2O2. The van der Waals surface area contributed by atoms with E-state index >= 15 is 0 Å². The Hall–Kier alpha value is -1.84. The lowest BCUT2D eigenvalue weighted by Crippen LogP contribution is -2.46. The number of nitrogens with zero attached hydrogens (tertiary/aromatic N) is 2. The normalized spacial score (nSPS) is 23.3. The molecule has 1 spiro atoms. The summed E-state index contributed by atoms with van der Waals surface area (Å²) in [6, 6.07) is 10.2. The molecule has 2 saturated heterocycles. The highest BCUT2D eigenvalue weighted by Gasteiger charge is 2.52. The van der Waals surface area contributed by atoms with Gasteiger partial charge >= 0.3 is 0 Å². The molecule has 1 aromatic carbocycles. The molecule has 2 amide bonds. The molecule has 4 heteroatoms. The summed E-state index contributed by atoms with van der Waals surface area (Å²) >= 11 is 0. The molecule has 2 aliphatic rings. The van der Waals surface area contributed by atoms with Crippen molar-refractivity contribution in [3.8, 4) is 0 Å². The van der Waals surface area contributed by atoms with Gasteiger partial charge in [-0.15, -0.1) is 0 Å². The van der Waals surface area contributed by atoms with E-state index in [0.717, 1.165) is 38.0 Å². The maximum atomic E-state index is 12.8. The maximum absolute atomic E-state index is 12.8. The number of likely N-dealkylation sites (N-methyl/N-ethyl adjacent to an activating group) is 1. The standard InChI is InChI=1S/C20H28N2O2/c1-15(2)13-17(23)22-11-9-20(10-12-22)14-21(3)19(24)18(20)16-7-5-4-6-8-16/h4-8,15,18H,9-14H2,1-3H3. The zero-order chi connectivity index (χ0) is 17.3. The molecule has 2 aliphatic heterocycles. The summed E-state index contributed by atoms with van der Waals surface area (Å²) in [7, 11) is 1.91. The van der Waals surface area contributed by atoms with Gasteiger partial charge in [0.2, 0.25) is 11.8 Å². The van der Waals surface area contributed by atoms with Crippen LogP contribution in [-0.2, 0) is 9.59 Å². The number of piperidine rings is 1. The molecule has 3 rings (SSSR count). The monoisotopic (exact) mass is 328 g/mol. The minimum Gasteiger partial charge on any atom is -0.345 e. The lowest BCUT2D eigenvalue weighted by Gasteiger charge is -2.42. The second-order valence-electron chi connectivity index (χ2n) is 7.88. The molecule has 0 N–H and O–H groups in total. The molecule has 4 nitrogen and oxygen atoms in total. The van der Waals surface area contributed by atoms with Crippen molar-refractivity contribution in [2.45, 2.75) is 39.0 Å².